The maximum absolute atomic E-state index is 12.8. The number of rotatable bonds is 9. The molecule has 216 valence electrons. The Balaban J connectivity index is 3.84. The summed E-state index contributed by atoms with van der Waals surface area (Å²) < 4.78 is 27.6. The lowest BCUT2D eigenvalue weighted by atomic mass is 9.83. The molecule has 0 saturated heterocycles. The number of ether oxygens (including phenoxy) is 5. The first kappa shape index (κ1) is 33.3. The highest BCUT2D eigenvalue weighted by atomic mass is 16.7. The Kier molecular flexibility index (Phi) is 12.8. The molecule has 1 aliphatic carbocycles. The minimum Gasteiger partial charge on any atom is -0.454 e. The number of esters is 5. The van der Waals surface area contributed by atoms with E-state index in [0.29, 0.717) is 0 Å². The van der Waals surface area contributed by atoms with E-state index in [1.165, 1.54) is 52.0 Å². The predicted molar refractivity (Wildman–Crippen MR) is 139 cm³/mol. The molecule has 1 rings (SSSR count). The zero-order valence-corrected chi connectivity index (χ0v) is 23.8. The van der Waals surface area contributed by atoms with E-state index >= 15 is 0 Å². The van der Waals surface area contributed by atoms with Crippen molar-refractivity contribution in [2.75, 3.05) is 0 Å². The second kappa shape index (κ2) is 15.0. The van der Waals surface area contributed by atoms with Gasteiger partial charge in [0.1, 0.15) is 6.10 Å². The zero-order chi connectivity index (χ0) is 30.0. The SMILES string of the molecule is CC=C(C)C(=O)O[C@@H]1C(O)[C@H](OC(=O)C(C)=CC)[C@@H](OC(=O)C(C)=CC)C(OC(C)=O)[C@H]1OC(=O)C(C)=CC. The normalized spacial score (nSPS) is 26.3. The van der Waals surface area contributed by atoms with E-state index in [4.69, 9.17) is 23.7 Å². The highest BCUT2D eigenvalue weighted by molar-refractivity contribution is 5.90. The molecule has 11 heteroatoms. The Hall–Kier alpha value is -3.73. The number of allylic oxidation sites excluding steroid dienone is 4. The Morgan fingerprint density at radius 1 is 0.462 bits per heavy atom. The fraction of sp³-hybridized carbons (Fsp3) is 0.536. The maximum Gasteiger partial charge on any atom is 0.333 e. The van der Waals surface area contributed by atoms with Crippen LogP contribution in [-0.4, -0.2) is 71.6 Å². The minimum absolute atomic E-state index is 0.163. The Labute approximate surface area is 228 Å². The molecule has 0 bridgehead atoms. The summed E-state index contributed by atoms with van der Waals surface area (Å²) in [5.74, 6) is -4.35. The van der Waals surface area contributed by atoms with Crippen molar-refractivity contribution in [3.63, 3.8) is 0 Å². The molecule has 1 N–H and O–H groups in total. The van der Waals surface area contributed by atoms with Crippen LogP contribution in [0.2, 0.25) is 0 Å². The van der Waals surface area contributed by atoms with Gasteiger partial charge in [0.25, 0.3) is 0 Å². The van der Waals surface area contributed by atoms with E-state index in [0.717, 1.165) is 6.92 Å². The minimum atomic E-state index is -1.87. The number of carbonyl (C=O) groups is 5. The second-order valence-corrected chi connectivity index (χ2v) is 8.93. The van der Waals surface area contributed by atoms with Gasteiger partial charge >= 0.3 is 29.8 Å². The van der Waals surface area contributed by atoms with Gasteiger partial charge in [-0.05, 0) is 55.4 Å². The summed E-state index contributed by atoms with van der Waals surface area (Å²) in [6.45, 7) is 13.3. The van der Waals surface area contributed by atoms with Crippen LogP contribution in [-0.2, 0) is 47.7 Å². The first-order chi connectivity index (χ1) is 18.2. The number of aliphatic hydroxyl groups excluding tert-OH is 1. The van der Waals surface area contributed by atoms with Crippen molar-refractivity contribution in [1.82, 2.24) is 0 Å². The van der Waals surface area contributed by atoms with Crippen LogP contribution in [0.1, 0.15) is 62.3 Å². The average molecular weight is 551 g/mol. The molecular formula is C28H38O11. The highest BCUT2D eigenvalue weighted by Crippen LogP contribution is 2.34. The largest absolute Gasteiger partial charge is 0.454 e. The summed E-state index contributed by atoms with van der Waals surface area (Å²) >= 11 is 0. The van der Waals surface area contributed by atoms with E-state index in [-0.39, 0.29) is 22.3 Å². The van der Waals surface area contributed by atoms with Crippen LogP contribution in [0, 0.1) is 0 Å². The lowest BCUT2D eigenvalue weighted by Crippen LogP contribution is -2.68. The molecule has 2 unspecified atom stereocenters. The van der Waals surface area contributed by atoms with Gasteiger partial charge in [-0.15, -0.1) is 0 Å². The van der Waals surface area contributed by atoms with Crippen molar-refractivity contribution in [3.05, 3.63) is 46.6 Å². The molecule has 1 aliphatic rings. The summed E-state index contributed by atoms with van der Waals surface area (Å²) in [6.07, 6.45) is -4.34. The fourth-order valence-corrected chi connectivity index (χ4v) is 3.34. The first-order valence-corrected chi connectivity index (χ1v) is 12.4. The van der Waals surface area contributed by atoms with Crippen LogP contribution < -0.4 is 0 Å². The van der Waals surface area contributed by atoms with Crippen LogP contribution >= 0.6 is 0 Å². The summed E-state index contributed by atoms with van der Waals surface area (Å²) in [6, 6.07) is 0. The van der Waals surface area contributed by atoms with Crippen molar-refractivity contribution in [2.45, 2.75) is 98.9 Å². The Morgan fingerprint density at radius 2 is 0.692 bits per heavy atom. The molecule has 0 aliphatic heterocycles. The van der Waals surface area contributed by atoms with Crippen LogP contribution in [0.3, 0.4) is 0 Å². The number of hydrogen-bond donors (Lipinski definition) is 1. The van der Waals surface area contributed by atoms with E-state index in [9.17, 15) is 29.1 Å². The summed E-state index contributed by atoms with van der Waals surface area (Å²) in [7, 11) is 0. The highest BCUT2D eigenvalue weighted by Gasteiger charge is 2.59. The molecule has 0 aromatic heterocycles. The van der Waals surface area contributed by atoms with Gasteiger partial charge in [0, 0.05) is 29.2 Å². The lowest BCUT2D eigenvalue weighted by Gasteiger charge is -2.46. The van der Waals surface area contributed by atoms with Crippen LogP contribution in [0.25, 0.3) is 0 Å². The fourth-order valence-electron chi connectivity index (χ4n) is 3.34. The van der Waals surface area contributed by atoms with Gasteiger partial charge in [0.05, 0.1) is 0 Å². The topological polar surface area (TPSA) is 152 Å². The monoisotopic (exact) mass is 550 g/mol. The molecular weight excluding hydrogens is 512 g/mol. The molecule has 0 heterocycles. The molecule has 11 nitrogen and oxygen atoms in total. The summed E-state index contributed by atoms with van der Waals surface area (Å²) in [4.78, 5) is 63.3. The Morgan fingerprint density at radius 3 is 0.923 bits per heavy atom. The smallest absolute Gasteiger partial charge is 0.333 e. The van der Waals surface area contributed by atoms with E-state index in [1.807, 2.05) is 0 Å². The van der Waals surface area contributed by atoms with Crippen molar-refractivity contribution in [1.29, 1.82) is 0 Å². The Bertz CT molecular complexity index is 1000. The molecule has 0 aromatic carbocycles. The van der Waals surface area contributed by atoms with E-state index in [1.54, 1.807) is 27.7 Å². The third-order valence-corrected chi connectivity index (χ3v) is 6.26. The molecule has 1 fully saturated rings. The molecule has 6 atom stereocenters. The van der Waals surface area contributed by atoms with Crippen molar-refractivity contribution in [3.8, 4) is 0 Å². The second-order valence-electron chi connectivity index (χ2n) is 8.93. The standard InChI is InChI=1S/C28H38O11/c1-10-14(5)25(31)36-20-19(30)21(37-26(32)15(6)11-2)23(39-28(34)17(8)13-4)24(35-18(9)29)22(20)38-27(33)16(7)12-3/h10-13,19-24,30H,1-9H3/t19?,20-,21+,22+,23-,24?. The van der Waals surface area contributed by atoms with Gasteiger partial charge in [-0.1, -0.05) is 24.3 Å². The quantitative estimate of drug-likeness (QED) is 0.256. The number of aliphatic hydroxyl groups is 1. The van der Waals surface area contributed by atoms with Gasteiger partial charge in [0.2, 0.25) is 0 Å². The van der Waals surface area contributed by atoms with Crippen molar-refractivity contribution < 1.29 is 52.8 Å². The predicted octanol–water partition coefficient (Wildman–Crippen LogP) is 2.80. The number of carbonyl (C=O) groups excluding carboxylic acids is 5. The summed E-state index contributed by atoms with van der Waals surface area (Å²) in [5.41, 5.74) is 0.653. The van der Waals surface area contributed by atoms with Crippen LogP contribution in [0.15, 0.2) is 46.6 Å². The van der Waals surface area contributed by atoms with Crippen molar-refractivity contribution >= 4 is 29.8 Å². The molecule has 1 saturated carbocycles. The van der Waals surface area contributed by atoms with Gasteiger partial charge in [-0.25, -0.2) is 19.2 Å². The van der Waals surface area contributed by atoms with Gasteiger partial charge < -0.3 is 28.8 Å². The number of hydrogen-bond acceptors (Lipinski definition) is 11. The average Bonchev–Trinajstić information content (AvgIpc) is 2.91. The third-order valence-electron chi connectivity index (χ3n) is 6.26. The van der Waals surface area contributed by atoms with Crippen LogP contribution in [0.5, 0.6) is 0 Å². The van der Waals surface area contributed by atoms with Crippen molar-refractivity contribution in [2.24, 2.45) is 0 Å². The maximum atomic E-state index is 12.8. The van der Waals surface area contributed by atoms with E-state index < -0.39 is 66.5 Å². The molecule has 0 amide bonds. The van der Waals surface area contributed by atoms with Gasteiger partial charge in [-0.2, -0.15) is 0 Å². The van der Waals surface area contributed by atoms with Crippen LogP contribution in [0.4, 0.5) is 0 Å². The van der Waals surface area contributed by atoms with Gasteiger partial charge in [-0.3, -0.25) is 4.79 Å². The lowest BCUT2D eigenvalue weighted by molar-refractivity contribution is -0.254. The zero-order valence-electron chi connectivity index (χ0n) is 23.8. The summed E-state index contributed by atoms with van der Waals surface area (Å²) in [5, 5.41) is 11.4. The first-order valence-electron chi connectivity index (χ1n) is 12.4. The molecule has 0 spiro atoms. The molecule has 0 aromatic rings. The van der Waals surface area contributed by atoms with Gasteiger partial charge in [0.15, 0.2) is 30.5 Å². The molecule has 39 heavy (non-hydrogen) atoms. The third kappa shape index (κ3) is 8.64. The molecule has 0 radical (unpaired) electrons. The van der Waals surface area contributed by atoms with E-state index in [2.05, 4.69) is 0 Å².